The van der Waals surface area contributed by atoms with Gasteiger partial charge in [0.05, 0.1) is 10.6 Å². The van der Waals surface area contributed by atoms with Gasteiger partial charge in [0.2, 0.25) is 5.78 Å². The first-order chi connectivity index (χ1) is 7.20. The maximum atomic E-state index is 11.9. The van der Waals surface area contributed by atoms with Gasteiger partial charge in [-0.25, -0.2) is 0 Å². The van der Waals surface area contributed by atoms with E-state index in [0.717, 1.165) is 0 Å². The second-order valence-electron chi connectivity index (χ2n) is 2.77. The zero-order valence-corrected chi connectivity index (χ0v) is 9.73. The van der Waals surface area contributed by atoms with E-state index in [4.69, 9.17) is 23.2 Å². The number of carbonyl (C=O) groups is 1. The van der Waals surface area contributed by atoms with Gasteiger partial charge in [-0.3, -0.25) is 9.78 Å². The average molecular weight is 258 g/mol. The molecular formula is C10H5Cl2NOS. The molecule has 2 aromatic rings. The van der Waals surface area contributed by atoms with Gasteiger partial charge in [0.25, 0.3) is 0 Å². The van der Waals surface area contributed by atoms with E-state index < -0.39 is 0 Å². The molecule has 2 heterocycles. The highest BCUT2D eigenvalue weighted by molar-refractivity contribution is 7.14. The van der Waals surface area contributed by atoms with Crippen molar-refractivity contribution < 1.29 is 4.79 Å². The van der Waals surface area contributed by atoms with Crippen molar-refractivity contribution in [3.8, 4) is 0 Å². The molecule has 5 heteroatoms. The van der Waals surface area contributed by atoms with E-state index >= 15 is 0 Å². The van der Waals surface area contributed by atoms with Crippen molar-refractivity contribution in [3.63, 3.8) is 0 Å². The van der Waals surface area contributed by atoms with E-state index in [0.29, 0.717) is 14.9 Å². The molecule has 0 radical (unpaired) electrons. The molecule has 76 valence electrons. The van der Waals surface area contributed by atoms with E-state index in [-0.39, 0.29) is 11.5 Å². The van der Waals surface area contributed by atoms with Crippen molar-refractivity contribution in [2.24, 2.45) is 0 Å². The van der Waals surface area contributed by atoms with Crippen molar-refractivity contribution in [2.75, 3.05) is 0 Å². The zero-order chi connectivity index (χ0) is 10.8. The summed E-state index contributed by atoms with van der Waals surface area (Å²) in [6.07, 6.45) is 1.53. The van der Waals surface area contributed by atoms with Crippen LogP contribution in [0.1, 0.15) is 16.1 Å². The third-order valence-corrected chi connectivity index (χ3v) is 3.31. The highest BCUT2D eigenvalue weighted by atomic mass is 35.5. The molecule has 0 aliphatic heterocycles. The number of hydrogen-bond acceptors (Lipinski definition) is 3. The summed E-state index contributed by atoms with van der Waals surface area (Å²) in [5.41, 5.74) is 0.682. The van der Waals surface area contributed by atoms with Gasteiger partial charge in [0.1, 0.15) is 10.0 Å². The van der Waals surface area contributed by atoms with Crippen molar-refractivity contribution in [2.45, 2.75) is 0 Å². The van der Waals surface area contributed by atoms with E-state index in [2.05, 4.69) is 4.98 Å². The molecule has 0 atom stereocenters. The van der Waals surface area contributed by atoms with Crippen molar-refractivity contribution in [1.82, 2.24) is 4.98 Å². The number of pyridine rings is 1. The van der Waals surface area contributed by atoms with Gasteiger partial charge in [0.15, 0.2) is 0 Å². The van der Waals surface area contributed by atoms with Gasteiger partial charge >= 0.3 is 0 Å². The molecule has 15 heavy (non-hydrogen) atoms. The second-order valence-corrected chi connectivity index (χ2v) is 4.70. The molecule has 0 bridgehead atoms. The number of nitrogens with zero attached hydrogens (tertiary/aromatic N) is 1. The summed E-state index contributed by atoms with van der Waals surface area (Å²) in [4.78, 5) is 15.9. The largest absolute Gasteiger partial charge is 0.287 e. The quantitative estimate of drug-likeness (QED) is 0.769. The SMILES string of the molecule is O=C(c1ccsc1Cl)c1ncccc1Cl. The van der Waals surface area contributed by atoms with Gasteiger partial charge < -0.3 is 0 Å². The number of rotatable bonds is 2. The molecule has 0 aromatic carbocycles. The van der Waals surface area contributed by atoms with Gasteiger partial charge in [-0.05, 0) is 23.6 Å². The number of aromatic nitrogens is 1. The van der Waals surface area contributed by atoms with Crippen LogP contribution < -0.4 is 0 Å². The average Bonchev–Trinajstić information content (AvgIpc) is 2.64. The van der Waals surface area contributed by atoms with Crippen LogP contribution in [0.2, 0.25) is 9.36 Å². The van der Waals surface area contributed by atoms with Gasteiger partial charge in [0, 0.05) is 6.20 Å². The van der Waals surface area contributed by atoms with Crippen LogP contribution in [0.25, 0.3) is 0 Å². The van der Waals surface area contributed by atoms with Crippen LogP contribution in [0.15, 0.2) is 29.8 Å². The molecule has 0 fully saturated rings. The first kappa shape index (κ1) is 10.6. The summed E-state index contributed by atoms with van der Waals surface area (Å²) in [7, 11) is 0. The van der Waals surface area contributed by atoms with Crippen molar-refractivity contribution in [3.05, 3.63) is 50.4 Å². The van der Waals surface area contributed by atoms with Gasteiger partial charge in [-0.15, -0.1) is 11.3 Å². The molecule has 2 rings (SSSR count). The van der Waals surface area contributed by atoms with E-state index in [9.17, 15) is 4.79 Å². The molecule has 0 unspecified atom stereocenters. The lowest BCUT2D eigenvalue weighted by Crippen LogP contribution is -2.03. The summed E-state index contributed by atoms with van der Waals surface area (Å²) in [6.45, 7) is 0. The van der Waals surface area contributed by atoms with Crippen LogP contribution in [0, 0.1) is 0 Å². The molecule has 0 spiro atoms. The zero-order valence-electron chi connectivity index (χ0n) is 7.41. The Hall–Kier alpha value is -0.900. The Morgan fingerprint density at radius 3 is 2.73 bits per heavy atom. The fraction of sp³-hybridized carbons (Fsp3) is 0. The van der Waals surface area contributed by atoms with E-state index in [1.165, 1.54) is 17.5 Å². The van der Waals surface area contributed by atoms with Gasteiger partial charge in [-0.2, -0.15) is 0 Å². The summed E-state index contributed by atoms with van der Waals surface area (Å²) in [5.74, 6) is -0.244. The molecular weight excluding hydrogens is 253 g/mol. The van der Waals surface area contributed by atoms with Crippen LogP contribution in [0.5, 0.6) is 0 Å². The maximum absolute atomic E-state index is 11.9. The molecule has 0 aliphatic rings. The first-order valence-electron chi connectivity index (χ1n) is 4.08. The highest BCUT2D eigenvalue weighted by Crippen LogP contribution is 2.26. The number of ketones is 1. The van der Waals surface area contributed by atoms with Crippen LogP contribution in [-0.2, 0) is 0 Å². The van der Waals surface area contributed by atoms with Crippen LogP contribution in [-0.4, -0.2) is 10.8 Å². The Morgan fingerprint density at radius 1 is 1.33 bits per heavy atom. The lowest BCUT2D eigenvalue weighted by molar-refractivity contribution is 0.103. The number of carbonyl (C=O) groups excluding carboxylic acids is 1. The highest BCUT2D eigenvalue weighted by Gasteiger charge is 2.17. The van der Waals surface area contributed by atoms with Crippen molar-refractivity contribution in [1.29, 1.82) is 0 Å². The fourth-order valence-electron chi connectivity index (χ4n) is 1.14. The summed E-state index contributed by atoms with van der Waals surface area (Å²) in [6, 6.07) is 4.97. The standard InChI is InChI=1S/C10H5Cl2NOS/c11-7-2-1-4-13-8(7)9(14)6-3-5-15-10(6)12/h1-5H. The van der Waals surface area contributed by atoms with E-state index in [1.807, 2.05) is 0 Å². The number of halogens is 2. The minimum atomic E-state index is -0.244. The maximum Gasteiger partial charge on any atom is 0.215 e. The Balaban J connectivity index is 2.46. The Morgan fingerprint density at radius 2 is 2.13 bits per heavy atom. The molecule has 0 saturated carbocycles. The summed E-state index contributed by atoms with van der Waals surface area (Å²) < 4.78 is 0.460. The Labute approximate surface area is 100 Å². The number of thiophene rings is 1. The Kier molecular flexibility index (Phi) is 3.05. The van der Waals surface area contributed by atoms with Gasteiger partial charge in [-0.1, -0.05) is 23.2 Å². The summed E-state index contributed by atoms with van der Waals surface area (Å²) in [5, 5.41) is 2.09. The van der Waals surface area contributed by atoms with E-state index in [1.54, 1.807) is 23.6 Å². The first-order valence-corrected chi connectivity index (χ1v) is 5.72. The molecule has 2 nitrogen and oxygen atoms in total. The predicted molar refractivity (Wildman–Crippen MR) is 62.0 cm³/mol. The lowest BCUT2D eigenvalue weighted by atomic mass is 10.1. The molecule has 2 aromatic heterocycles. The van der Waals surface area contributed by atoms with Crippen molar-refractivity contribution >= 4 is 40.3 Å². The third kappa shape index (κ3) is 2.04. The van der Waals surface area contributed by atoms with Crippen LogP contribution >= 0.6 is 34.5 Å². The molecule has 0 saturated heterocycles. The fourth-order valence-corrected chi connectivity index (χ4v) is 2.26. The van der Waals surface area contributed by atoms with Crippen LogP contribution in [0.3, 0.4) is 0 Å². The minimum Gasteiger partial charge on any atom is -0.287 e. The molecule has 0 aliphatic carbocycles. The number of hydrogen-bond donors (Lipinski definition) is 0. The second kappa shape index (κ2) is 4.31. The minimum absolute atomic E-state index is 0.236. The predicted octanol–water partition coefficient (Wildman–Crippen LogP) is 3.68. The third-order valence-electron chi connectivity index (χ3n) is 1.84. The smallest absolute Gasteiger partial charge is 0.215 e. The summed E-state index contributed by atoms with van der Waals surface area (Å²) >= 11 is 13.0. The Bertz CT molecular complexity index is 510. The molecule has 0 amide bonds. The normalized spacial score (nSPS) is 10.3. The monoisotopic (exact) mass is 257 g/mol. The molecule has 0 N–H and O–H groups in total. The van der Waals surface area contributed by atoms with Crippen LogP contribution in [0.4, 0.5) is 0 Å². The lowest BCUT2D eigenvalue weighted by Gasteiger charge is -2.00. The topological polar surface area (TPSA) is 30.0 Å².